The molecule has 2 aromatic carbocycles. The molecule has 8 heteroatoms. The Kier molecular flexibility index (Phi) is 6.29. The summed E-state index contributed by atoms with van der Waals surface area (Å²) in [4.78, 5) is 13.8. The van der Waals surface area contributed by atoms with Gasteiger partial charge in [0.25, 0.3) is 0 Å². The molecule has 2 rings (SSSR count). The van der Waals surface area contributed by atoms with Crippen molar-refractivity contribution in [3.05, 3.63) is 65.2 Å². The summed E-state index contributed by atoms with van der Waals surface area (Å²) in [7, 11) is 1.61. The molecule has 0 spiro atoms. The van der Waals surface area contributed by atoms with Gasteiger partial charge in [0.05, 0.1) is 17.7 Å². The van der Waals surface area contributed by atoms with Crippen molar-refractivity contribution < 1.29 is 22.7 Å². The van der Waals surface area contributed by atoms with E-state index >= 15 is 0 Å². The van der Waals surface area contributed by atoms with E-state index < -0.39 is 12.4 Å². The van der Waals surface area contributed by atoms with Gasteiger partial charge in [0.2, 0.25) is 0 Å². The molecule has 0 bridgehead atoms. The first-order chi connectivity index (χ1) is 12.7. The first-order valence-electron chi connectivity index (χ1n) is 8.04. The molecule has 2 amide bonds. The van der Waals surface area contributed by atoms with E-state index in [0.29, 0.717) is 17.7 Å². The van der Waals surface area contributed by atoms with Crippen LogP contribution in [0.4, 0.5) is 18.0 Å². The van der Waals surface area contributed by atoms with Crippen molar-refractivity contribution in [1.82, 2.24) is 10.2 Å². The van der Waals surface area contributed by atoms with Crippen LogP contribution in [0.2, 0.25) is 0 Å². The van der Waals surface area contributed by atoms with Crippen LogP contribution >= 0.6 is 0 Å². The lowest BCUT2D eigenvalue weighted by Crippen LogP contribution is -2.38. The molecule has 1 unspecified atom stereocenters. The maximum Gasteiger partial charge on any atom is 0.573 e. The van der Waals surface area contributed by atoms with Crippen molar-refractivity contribution in [3.8, 4) is 11.8 Å². The van der Waals surface area contributed by atoms with E-state index in [0.717, 1.165) is 5.56 Å². The number of urea groups is 1. The Hall–Kier alpha value is -3.21. The van der Waals surface area contributed by atoms with Gasteiger partial charge in [0.15, 0.2) is 0 Å². The Bertz CT molecular complexity index is 829. The highest BCUT2D eigenvalue weighted by atomic mass is 19.4. The Morgan fingerprint density at radius 1 is 1.26 bits per heavy atom. The minimum atomic E-state index is -4.74. The predicted molar refractivity (Wildman–Crippen MR) is 92.7 cm³/mol. The fourth-order valence-corrected chi connectivity index (χ4v) is 2.42. The Morgan fingerprint density at radius 2 is 1.93 bits per heavy atom. The highest BCUT2D eigenvalue weighted by Gasteiger charge is 2.31. The molecule has 0 radical (unpaired) electrons. The maximum atomic E-state index is 12.3. The van der Waals surface area contributed by atoms with Crippen molar-refractivity contribution in [2.75, 3.05) is 7.05 Å². The van der Waals surface area contributed by atoms with Crippen LogP contribution in [0.3, 0.4) is 0 Å². The molecule has 0 aliphatic rings. The van der Waals surface area contributed by atoms with Gasteiger partial charge in [-0.2, -0.15) is 5.26 Å². The van der Waals surface area contributed by atoms with E-state index in [9.17, 15) is 18.0 Å². The van der Waals surface area contributed by atoms with Gasteiger partial charge in [0, 0.05) is 13.6 Å². The molecule has 0 saturated carbocycles. The average Bonchev–Trinajstić information content (AvgIpc) is 2.61. The fraction of sp³-hybridized carbons (Fsp3) is 0.263. The van der Waals surface area contributed by atoms with E-state index in [1.165, 1.54) is 29.2 Å². The molecule has 27 heavy (non-hydrogen) atoms. The molecule has 0 aliphatic heterocycles. The smallest absolute Gasteiger partial charge is 0.406 e. The summed E-state index contributed by atoms with van der Waals surface area (Å²) in [5.41, 5.74) is 1.96. The lowest BCUT2D eigenvalue weighted by Gasteiger charge is -2.22. The van der Waals surface area contributed by atoms with Crippen molar-refractivity contribution >= 4 is 6.03 Å². The third-order valence-electron chi connectivity index (χ3n) is 3.78. The van der Waals surface area contributed by atoms with Crippen molar-refractivity contribution in [2.24, 2.45) is 0 Å². The lowest BCUT2D eigenvalue weighted by molar-refractivity contribution is -0.274. The molecule has 0 fully saturated rings. The third kappa shape index (κ3) is 6.22. The number of ether oxygens (including phenoxy) is 1. The molecule has 0 saturated heterocycles. The summed E-state index contributed by atoms with van der Waals surface area (Å²) in [6, 6.07) is 13.5. The van der Waals surface area contributed by atoms with Crippen LogP contribution in [0.25, 0.3) is 0 Å². The Labute approximate surface area is 155 Å². The number of hydrogen-bond acceptors (Lipinski definition) is 3. The maximum absolute atomic E-state index is 12.3. The molecule has 5 nitrogen and oxygen atoms in total. The van der Waals surface area contributed by atoms with Gasteiger partial charge >= 0.3 is 12.4 Å². The summed E-state index contributed by atoms with van der Waals surface area (Å²) in [5, 5.41) is 11.7. The van der Waals surface area contributed by atoms with Gasteiger partial charge in [0.1, 0.15) is 5.75 Å². The number of halogens is 3. The zero-order valence-electron chi connectivity index (χ0n) is 14.7. The summed E-state index contributed by atoms with van der Waals surface area (Å²) in [6.07, 6.45) is -4.74. The number of benzene rings is 2. The number of alkyl halides is 3. The molecule has 1 N–H and O–H groups in total. The van der Waals surface area contributed by atoms with Crippen LogP contribution in [-0.2, 0) is 6.54 Å². The fourth-order valence-electron chi connectivity index (χ4n) is 2.42. The molecule has 1 atom stereocenters. The zero-order chi connectivity index (χ0) is 20.0. The van der Waals surface area contributed by atoms with Crippen LogP contribution in [0, 0.1) is 11.3 Å². The average molecular weight is 377 g/mol. The number of amides is 2. The van der Waals surface area contributed by atoms with Gasteiger partial charge in [-0.3, -0.25) is 0 Å². The second-order valence-corrected chi connectivity index (χ2v) is 5.96. The predicted octanol–water partition coefficient (Wildman–Crippen LogP) is 4.36. The number of carbonyl (C=O) groups is 1. The third-order valence-corrected chi connectivity index (χ3v) is 3.78. The quantitative estimate of drug-likeness (QED) is 0.842. The standard InChI is InChI=1S/C19H18F3N3O2/c1-13(16-6-8-17(9-7-16)27-19(20,21)22)24-18(26)25(2)12-15-5-3-4-14(10-15)11-23/h3-10,13H,12H2,1-2H3,(H,24,26). The molecular formula is C19H18F3N3O2. The number of hydrogen-bond donors (Lipinski definition) is 1. The molecule has 2 aromatic rings. The minimum absolute atomic E-state index is 0.312. The van der Waals surface area contributed by atoms with Crippen LogP contribution in [0.1, 0.15) is 29.7 Å². The first kappa shape index (κ1) is 20.1. The van der Waals surface area contributed by atoms with E-state index in [4.69, 9.17) is 5.26 Å². The molecule has 0 aromatic heterocycles. The molecule has 0 aliphatic carbocycles. The first-order valence-corrected chi connectivity index (χ1v) is 8.04. The second-order valence-electron chi connectivity index (χ2n) is 5.96. The normalized spacial score (nSPS) is 12.0. The van der Waals surface area contributed by atoms with Gasteiger partial charge < -0.3 is 15.0 Å². The monoisotopic (exact) mass is 377 g/mol. The van der Waals surface area contributed by atoms with Crippen molar-refractivity contribution in [2.45, 2.75) is 25.9 Å². The van der Waals surface area contributed by atoms with Gasteiger partial charge in [-0.25, -0.2) is 4.79 Å². The van der Waals surface area contributed by atoms with E-state index in [2.05, 4.69) is 10.1 Å². The van der Waals surface area contributed by atoms with E-state index in [-0.39, 0.29) is 11.8 Å². The van der Waals surface area contributed by atoms with Crippen LogP contribution < -0.4 is 10.1 Å². The SMILES string of the molecule is CC(NC(=O)N(C)Cc1cccc(C#N)c1)c1ccc(OC(F)(F)F)cc1. The number of nitrogens with zero attached hydrogens (tertiary/aromatic N) is 2. The zero-order valence-corrected chi connectivity index (χ0v) is 14.7. The number of nitrogens with one attached hydrogen (secondary N) is 1. The molecule has 142 valence electrons. The van der Waals surface area contributed by atoms with Crippen molar-refractivity contribution in [1.29, 1.82) is 5.26 Å². The lowest BCUT2D eigenvalue weighted by atomic mass is 10.1. The topological polar surface area (TPSA) is 65.4 Å². The summed E-state index contributed by atoms with van der Waals surface area (Å²) < 4.78 is 40.4. The summed E-state index contributed by atoms with van der Waals surface area (Å²) >= 11 is 0. The second kappa shape index (κ2) is 8.45. The number of carbonyl (C=O) groups excluding carboxylic acids is 1. The van der Waals surface area contributed by atoms with E-state index in [1.54, 1.807) is 32.2 Å². The minimum Gasteiger partial charge on any atom is -0.406 e. The molecule has 0 heterocycles. The van der Waals surface area contributed by atoms with Gasteiger partial charge in [-0.15, -0.1) is 13.2 Å². The number of rotatable bonds is 5. The largest absolute Gasteiger partial charge is 0.573 e. The number of nitriles is 1. The summed E-state index contributed by atoms with van der Waals surface area (Å²) in [6.45, 7) is 2.04. The van der Waals surface area contributed by atoms with Crippen molar-refractivity contribution in [3.63, 3.8) is 0 Å². The molecular weight excluding hydrogens is 359 g/mol. The summed E-state index contributed by atoms with van der Waals surface area (Å²) in [5.74, 6) is -0.320. The van der Waals surface area contributed by atoms with E-state index in [1.807, 2.05) is 12.1 Å². The van der Waals surface area contributed by atoms with Crippen LogP contribution in [0.15, 0.2) is 48.5 Å². The Balaban J connectivity index is 1.95. The highest BCUT2D eigenvalue weighted by molar-refractivity contribution is 5.74. The van der Waals surface area contributed by atoms with Crippen LogP contribution in [0.5, 0.6) is 5.75 Å². The van der Waals surface area contributed by atoms with Gasteiger partial charge in [-0.05, 0) is 42.3 Å². The highest BCUT2D eigenvalue weighted by Crippen LogP contribution is 2.24. The van der Waals surface area contributed by atoms with Gasteiger partial charge in [-0.1, -0.05) is 24.3 Å². The van der Waals surface area contributed by atoms with Crippen LogP contribution in [-0.4, -0.2) is 24.3 Å². The Morgan fingerprint density at radius 3 is 2.52 bits per heavy atom.